The van der Waals surface area contributed by atoms with Crippen molar-refractivity contribution >= 4 is 5.97 Å². The van der Waals surface area contributed by atoms with E-state index in [-0.39, 0.29) is 5.97 Å². The van der Waals surface area contributed by atoms with Gasteiger partial charge >= 0.3 is 5.97 Å². The lowest BCUT2D eigenvalue weighted by Crippen LogP contribution is -2.51. The molecule has 1 atom stereocenters. The van der Waals surface area contributed by atoms with Gasteiger partial charge in [-0.3, -0.25) is 4.79 Å². The number of likely N-dealkylation sites (N-methyl/N-ethyl adjacent to an activating group) is 1. The topological polar surface area (TPSA) is 44.8 Å². The van der Waals surface area contributed by atoms with Crippen LogP contribution in [0.3, 0.4) is 0 Å². The highest BCUT2D eigenvalue weighted by atomic mass is 16.5. The molecule has 0 saturated heterocycles. The van der Waals surface area contributed by atoms with E-state index in [0.29, 0.717) is 0 Å². The summed E-state index contributed by atoms with van der Waals surface area (Å²) in [5, 5.41) is 3.23. The smallest absolute Gasteiger partial charge is 0.325 e. The van der Waals surface area contributed by atoms with E-state index in [9.17, 15) is 4.79 Å². The van der Waals surface area contributed by atoms with Crippen molar-refractivity contribution in [1.82, 2.24) is 15.1 Å². The van der Waals surface area contributed by atoms with E-state index in [1.54, 1.807) is 0 Å². The summed E-state index contributed by atoms with van der Waals surface area (Å²) in [6, 6.07) is 0. The van der Waals surface area contributed by atoms with Crippen LogP contribution in [-0.4, -0.2) is 75.7 Å². The highest BCUT2D eigenvalue weighted by Crippen LogP contribution is 2.12. The normalized spacial score (nSPS) is 14.7. The van der Waals surface area contributed by atoms with Gasteiger partial charge in [0.1, 0.15) is 5.54 Å². The van der Waals surface area contributed by atoms with E-state index in [1.807, 2.05) is 13.8 Å². The van der Waals surface area contributed by atoms with Crippen LogP contribution < -0.4 is 5.32 Å². The second kappa shape index (κ2) is 9.28. The number of hydrogen-bond acceptors (Lipinski definition) is 5. The van der Waals surface area contributed by atoms with E-state index in [1.165, 1.54) is 7.11 Å². The van der Waals surface area contributed by atoms with Crippen LogP contribution in [-0.2, 0) is 9.53 Å². The van der Waals surface area contributed by atoms with E-state index in [0.717, 1.165) is 39.0 Å². The zero-order chi connectivity index (χ0) is 14.9. The SMILES string of the molecule is CCNC(C)(CCN(C)CCCN(C)C)C(=O)OC. The molecule has 0 amide bonds. The Morgan fingerprint density at radius 1 is 1.21 bits per heavy atom. The van der Waals surface area contributed by atoms with Crippen LogP contribution in [0, 0.1) is 0 Å². The molecule has 1 N–H and O–H groups in total. The van der Waals surface area contributed by atoms with Crippen molar-refractivity contribution in [3.05, 3.63) is 0 Å². The molecule has 5 nitrogen and oxygen atoms in total. The van der Waals surface area contributed by atoms with Crippen molar-refractivity contribution in [2.24, 2.45) is 0 Å². The summed E-state index contributed by atoms with van der Waals surface area (Å²) in [6.07, 6.45) is 1.89. The number of carbonyl (C=O) groups excluding carboxylic acids is 1. The summed E-state index contributed by atoms with van der Waals surface area (Å²) in [7, 11) is 7.71. The molecular weight excluding hydrogens is 242 g/mol. The summed E-state index contributed by atoms with van der Waals surface area (Å²) in [5.41, 5.74) is -0.584. The van der Waals surface area contributed by atoms with E-state index in [4.69, 9.17) is 4.74 Å². The van der Waals surface area contributed by atoms with Gasteiger partial charge in [-0.05, 0) is 60.5 Å². The monoisotopic (exact) mass is 273 g/mol. The van der Waals surface area contributed by atoms with Crippen LogP contribution in [0.1, 0.15) is 26.7 Å². The lowest BCUT2D eigenvalue weighted by atomic mass is 9.97. The maximum absolute atomic E-state index is 11.8. The number of ether oxygens (including phenoxy) is 1. The van der Waals surface area contributed by atoms with Crippen LogP contribution in [0.4, 0.5) is 0 Å². The first-order valence-electron chi connectivity index (χ1n) is 7.02. The van der Waals surface area contributed by atoms with E-state index < -0.39 is 5.54 Å². The molecule has 5 heteroatoms. The Labute approximate surface area is 118 Å². The maximum Gasteiger partial charge on any atom is 0.325 e. The van der Waals surface area contributed by atoms with Gasteiger partial charge in [-0.2, -0.15) is 0 Å². The molecule has 0 heterocycles. The third-order valence-corrected chi connectivity index (χ3v) is 3.34. The third kappa shape index (κ3) is 7.50. The number of methoxy groups -OCH3 is 1. The Bertz CT molecular complexity index is 259. The van der Waals surface area contributed by atoms with Gasteiger partial charge in [-0.15, -0.1) is 0 Å². The fourth-order valence-corrected chi connectivity index (χ4v) is 2.06. The molecule has 0 aliphatic carbocycles. The predicted molar refractivity (Wildman–Crippen MR) is 79.4 cm³/mol. The molecule has 19 heavy (non-hydrogen) atoms. The predicted octanol–water partition coefficient (Wildman–Crippen LogP) is 0.801. The molecule has 0 saturated carbocycles. The number of nitrogens with one attached hydrogen (secondary N) is 1. The minimum atomic E-state index is -0.584. The van der Waals surface area contributed by atoms with Crippen molar-refractivity contribution in [1.29, 1.82) is 0 Å². The fourth-order valence-electron chi connectivity index (χ4n) is 2.06. The third-order valence-electron chi connectivity index (χ3n) is 3.34. The largest absolute Gasteiger partial charge is 0.468 e. The number of carbonyl (C=O) groups is 1. The van der Waals surface area contributed by atoms with E-state index >= 15 is 0 Å². The quantitative estimate of drug-likeness (QED) is 0.597. The van der Waals surface area contributed by atoms with Gasteiger partial charge in [0.25, 0.3) is 0 Å². The highest BCUT2D eigenvalue weighted by molar-refractivity contribution is 5.80. The maximum atomic E-state index is 11.8. The minimum absolute atomic E-state index is 0.184. The first-order chi connectivity index (χ1) is 8.85. The van der Waals surface area contributed by atoms with E-state index in [2.05, 4.69) is 36.3 Å². The fraction of sp³-hybridized carbons (Fsp3) is 0.929. The first-order valence-corrected chi connectivity index (χ1v) is 7.02. The van der Waals surface area contributed by atoms with Gasteiger partial charge in [0.2, 0.25) is 0 Å². The van der Waals surface area contributed by atoms with Gasteiger partial charge in [0.15, 0.2) is 0 Å². The second-order valence-corrected chi connectivity index (χ2v) is 5.56. The lowest BCUT2D eigenvalue weighted by Gasteiger charge is -2.29. The summed E-state index contributed by atoms with van der Waals surface area (Å²) >= 11 is 0. The Hall–Kier alpha value is -0.650. The first kappa shape index (κ1) is 18.4. The number of esters is 1. The molecule has 0 aliphatic rings. The molecule has 0 radical (unpaired) electrons. The number of nitrogens with zero attached hydrogens (tertiary/aromatic N) is 2. The van der Waals surface area contributed by atoms with Crippen LogP contribution in [0.5, 0.6) is 0 Å². The van der Waals surface area contributed by atoms with Crippen molar-refractivity contribution in [3.63, 3.8) is 0 Å². The van der Waals surface area contributed by atoms with Gasteiger partial charge in [-0.1, -0.05) is 6.92 Å². The molecule has 0 rings (SSSR count). The zero-order valence-electron chi connectivity index (χ0n) is 13.5. The summed E-state index contributed by atoms with van der Waals surface area (Å²) in [6.45, 7) is 7.69. The highest BCUT2D eigenvalue weighted by Gasteiger charge is 2.33. The Balaban J connectivity index is 4.13. The van der Waals surface area contributed by atoms with Gasteiger partial charge in [-0.25, -0.2) is 0 Å². The molecule has 114 valence electrons. The molecule has 0 aromatic carbocycles. The molecule has 0 fully saturated rings. The molecule has 0 spiro atoms. The Morgan fingerprint density at radius 3 is 2.32 bits per heavy atom. The van der Waals surface area contributed by atoms with Crippen LogP contribution >= 0.6 is 0 Å². The standard InChI is InChI=1S/C14H31N3O2/c1-7-15-14(2,13(18)19-6)9-12-17(5)11-8-10-16(3)4/h15H,7-12H2,1-6H3. The lowest BCUT2D eigenvalue weighted by molar-refractivity contribution is -0.148. The molecular formula is C14H31N3O2. The zero-order valence-corrected chi connectivity index (χ0v) is 13.5. The van der Waals surface area contributed by atoms with Crippen LogP contribution in [0.2, 0.25) is 0 Å². The summed E-state index contributed by atoms with van der Waals surface area (Å²) in [4.78, 5) is 16.3. The molecule has 0 aromatic heterocycles. The van der Waals surface area contributed by atoms with Crippen LogP contribution in [0.25, 0.3) is 0 Å². The molecule has 0 aromatic rings. The molecule has 0 aliphatic heterocycles. The van der Waals surface area contributed by atoms with Gasteiger partial charge < -0.3 is 19.9 Å². The average Bonchev–Trinajstić information content (AvgIpc) is 2.35. The second-order valence-electron chi connectivity index (χ2n) is 5.56. The Morgan fingerprint density at radius 2 is 1.84 bits per heavy atom. The van der Waals surface area contributed by atoms with Crippen LogP contribution in [0.15, 0.2) is 0 Å². The average molecular weight is 273 g/mol. The van der Waals surface area contributed by atoms with Gasteiger partial charge in [0, 0.05) is 6.54 Å². The van der Waals surface area contributed by atoms with Gasteiger partial charge in [0.05, 0.1) is 7.11 Å². The molecule has 0 bridgehead atoms. The molecule has 1 unspecified atom stereocenters. The number of hydrogen-bond donors (Lipinski definition) is 1. The van der Waals surface area contributed by atoms with Crippen molar-refractivity contribution in [3.8, 4) is 0 Å². The Kier molecular flexibility index (Phi) is 8.97. The van der Waals surface area contributed by atoms with Crippen molar-refractivity contribution < 1.29 is 9.53 Å². The van der Waals surface area contributed by atoms with Crippen molar-refractivity contribution in [2.75, 3.05) is 54.4 Å². The number of rotatable bonds is 10. The summed E-state index contributed by atoms with van der Waals surface area (Å²) < 4.78 is 4.89. The minimum Gasteiger partial charge on any atom is -0.468 e. The summed E-state index contributed by atoms with van der Waals surface area (Å²) in [5.74, 6) is -0.184. The van der Waals surface area contributed by atoms with Crippen molar-refractivity contribution in [2.45, 2.75) is 32.2 Å².